The lowest BCUT2D eigenvalue weighted by Gasteiger charge is -2.05. The fraction of sp³-hybridized carbons (Fsp3) is 0.250. The monoisotopic (exact) mass is 379 g/mol. The molecule has 7 nitrogen and oxygen atoms in total. The molecule has 2 heterocycles. The summed E-state index contributed by atoms with van der Waals surface area (Å²) in [5.41, 5.74) is 2.30. The van der Waals surface area contributed by atoms with Gasteiger partial charge >= 0.3 is 0 Å². The van der Waals surface area contributed by atoms with Crippen LogP contribution in [0.1, 0.15) is 17.0 Å². The molecule has 3 rings (SSSR count). The second-order valence-electron chi connectivity index (χ2n) is 5.81. The number of benzene rings is 1. The molecule has 0 aliphatic rings. The van der Waals surface area contributed by atoms with Crippen LogP contribution in [0.4, 0.5) is 5.82 Å². The molecule has 2 aromatic heterocycles. The molecule has 25 heavy (non-hydrogen) atoms. The number of aromatic nitrogens is 4. The topological polar surface area (TPSA) is 81.8 Å². The van der Waals surface area contributed by atoms with E-state index in [0.717, 1.165) is 11.3 Å². The van der Waals surface area contributed by atoms with Crippen LogP contribution < -0.4 is 4.72 Å². The predicted molar refractivity (Wildman–Crippen MR) is 96.3 cm³/mol. The molecule has 0 amide bonds. The lowest BCUT2D eigenvalue weighted by molar-refractivity contribution is 0.600. The van der Waals surface area contributed by atoms with E-state index in [1.54, 1.807) is 24.7 Å². The molecule has 0 spiro atoms. The van der Waals surface area contributed by atoms with Crippen molar-refractivity contribution in [3.05, 3.63) is 58.5 Å². The van der Waals surface area contributed by atoms with E-state index in [2.05, 4.69) is 14.9 Å². The maximum atomic E-state index is 12.5. The first-order chi connectivity index (χ1) is 11.7. The zero-order valence-electron chi connectivity index (χ0n) is 14.1. The second kappa shape index (κ2) is 6.53. The van der Waals surface area contributed by atoms with Crippen molar-refractivity contribution in [3.63, 3.8) is 0 Å². The molecule has 3 aromatic rings. The van der Waals surface area contributed by atoms with Crippen LogP contribution in [0, 0.1) is 13.8 Å². The fourth-order valence-electron chi connectivity index (χ4n) is 2.52. The zero-order valence-corrected chi connectivity index (χ0v) is 15.6. The largest absolute Gasteiger partial charge is 0.274 e. The molecule has 0 unspecified atom stereocenters. The van der Waals surface area contributed by atoms with Gasteiger partial charge in [0, 0.05) is 30.0 Å². The van der Waals surface area contributed by atoms with Gasteiger partial charge in [-0.05, 0) is 31.5 Å². The van der Waals surface area contributed by atoms with E-state index in [1.807, 2.05) is 31.2 Å². The number of nitrogens with one attached hydrogen (secondary N) is 1. The number of halogens is 1. The van der Waals surface area contributed by atoms with Crippen molar-refractivity contribution in [1.82, 2.24) is 19.6 Å². The third kappa shape index (κ3) is 3.85. The van der Waals surface area contributed by atoms with Crippen LogP contribution in [0.15, 0.2) is 41.4 Å². The fourth-order valence-corrected chi connectivity index (χ4v) is 3.85. The number of anilines is 1. The Morgan fingerprint density at radius 1 is 1.16 bits per heavy atom. The average molecular weight is 380 g/mol. The Hall–Kier alpha value is -2.32. The molecule has 9 heteroatoms. The Morgan fingerprint density at radius 3 is 2.44 bits per heavy atom. The van der Waals surface area contributed by atoms with Gasteiger partial charge < -0.3 is 0 Å². The van der Waals surface area contributed by atoms with E-state index in [1.165, 1.54) is 10.9 Å². The first kappa shape index (κ1) is 17.5. The van der Waals surface area contributed by atoms with Crippen LogP contribution in [0.25, 0.3) is 0 Å². The number of nitrogens with zero attached hydrogens (tertiary/aromatic N) is 4. The summed E-state index contributed by atoms with van der Waals surface area (Å²) in [5.74, 6) is 0.273. The first-order valence-corrected chi connectivity index (χ1v) is 9.43. The van der Waals surface area contributed by atoms with E-state index < -0.39 is 10.0 Å². The molecule has 0 saturated carbocycles. The van der Waals surface area contributed by atoms with Gasteiger partial charge in [0.25, 0.3) is 10.0 Å². The van der Waals surface area contributed by atoms with E-state index in [-0.39, 0.29) is 10.7 Å². The Morgan fingerprint density at radius 2 is 1.84 bits per heavy atom. The Labute approximate surface area is 151 Å². The van der Waals surface area contributed by atoms with Crippen LogP contribution in [-0.2, 0) is 23.6 Å². The summed E-state index contributed by atoms with van der Waals surface area (Å²) in [6.45, 7) is 4.05. The van der Waals surface area contributed by atoms with Crippen LogP contribution in [-0.4, -0.2) is 28.0 Å². The number of sulfonamides is 1. The molecule has 0 fully saturated rings. The van der Waals surface area contributed by atoms with Gasteiger partial charge in [-0.3, -0.25) is 14.1 Å². The van der Waals surface area contributed by atoms with Gasteiger partial charge in [0.1, 0.15) is 4.90 Å². The number of hydrogen-bond acceptors (Lipinski definition) is 4. The highest BCUT2D eigenvalue weighted by molar-refractivity contribution is 7.92. The molecular formula is C16H18ClN5O2S. The summed E-state index contributed by atoms with van der Waals surface area (Å²) >= 11 is 5.89. The quantitative estimate of drug-likeness (QED) is 0.739. The minimum absolute atomic E-state index is 0.139. The van der Waals surface area contributed by atoms with Crippen LogP contribution in [0.2, 0.25) is 5.02 Å². The molecule has 0 atom stereocenters. The summed E-state index contributed by atoms with van der Waals surface area (Å²) in [6, 6.07) is 9.13. The molecule has 0 aliphatic carbocycles. The maximum absolute atomic E-state index is 12.5. The van der Waals surface area contributed by atoms with Gasteiger partial charge in [0.15, 0.2) is 5.82 Å². The third-order valence-corrected chi connectivity index (χ3v) is 5.43. The maximum Gasteiger partial charge on any atom is 0.266 e. The van der Waals surface area contributed by atoms with Crippen LogP contribution in [0.3, 0.4) is 0 Å². The molecule has 0 saturated heterocycles. The summed E-state index contributed by atoms with van der Waals surface area (Å²) in [4.78, 5) is 0.139. The van der Waals surface area contributed by atoms with Crippen molar-refractivity contribution in [1.29, 1.82) is 0 Å². The van der Waals surface area contributed by atoms with Gasteiger partial charge in [-0.15, -0.1) is 0 Å². The predicted octanol–water partition coefficient (Wildman–Crippen LogP) is 2.74. The standard InChI is InChI=1S/C16H18ClN5O2S/c1-11-8-16(19-22(11)9-13-4-6-14(17)7-5-13)20-25(23,24)15-10-21(3)18-12(15)2/h4-8,10H,9H2,1-3H3,(H,19,20). The zero-order chi connectivity index (χ0) is 18.2. The van der Waals surface area contributed by atoms with Gasteiger partial charge in [-0.2, -0.15) is 10.2 Å². The van der Waals surface area contributed by atoms with Gasteiger partial charge in [0.05, 0.1) is 12.2 Å². The molecule has 0 aliphatic heterocycles. The van der Waals surface area contributed by atoms with Gasteiger partial charge in [0.2, 0.25) is 0 Å². The molecule has 1 aromatic carbocycles. The highest BCUT2D eigenvalue weighted by Crippen LogP contribution is 2.19. The van der Waals surface area contributed by atoms with Gasteiger partial charge in [-0.25, -0.2) is 8.42 Å². The van der Waals surface area contributed by atoms with Gasteiger partial charge in [-0.1, -0.05) is 23.7 Å². The highest BCUT2D eigenvalue weighted by Gasteiger charge is 2.21. The van der Waals surface area contributed by atoms with E-state index in [0.29, 0.717) is 17.3 Å². The molecule has 132 valence electrons. The first-order valence-electron chi connectivity index (χ1n) is 7.56. The van der Waals surface area contributed by atoms with Crippen molar-refractivity contribution in [2.45, 2.75) is 25.3 Å². The average Bonchev–Trinajstić information content (AvgIpc) is 3.03. The molecule has 0 radical (unpaired) electrons. The third-order valence-electron chi connectivity index (χ3n) is 3.72. The van der Waals surface area contributed by atoms with Crippen molar-refractivity contribution >= 4 is 27.4 Å². The van der Waals surface area contributed by atoms with Crippen molar-refractivity contribution < 1.29 is 8.42 Å². The Bertz CT molecular complexity index is 1010. The highest BCUT2D eigenvalue weighted by atomic mass is 35.5. The summed E-state index contributed by atoms with van der Waals surface area (Å²) < 4.78 is 30.8. The van der Waals surface area contributed by atoms with E-state index >= 15 is 0 Å². The smallest absolute Gasteiger partial charge is 0.266 e. The van der Waals surface area contributed by atoms with Crippen molar-refractivity contribution in [2.75, 3.05) is 4.72 Å². The van der Waals surface area contributed by atoms with Crippen LogP contribution >= 0.6 is 11.6 Å². The number of rotatable bonds is 5. The molecule has 1 N–H and O–H groups in total. The normalized spacial score (nSPS) is 11.7. The summed E-state index contributed by atoms with van der Waals surface area (Å²) in [6.07, 6.45) is 1.47. The minimum Gasteiger partial charge on any atom is -0.274 e. The number of aryl methyl sites for hydroxylation is 3. The number of hydrogen-bond donors (Lipinski definition) is 1. The second-order valence-corrected chi connectivity index (χ2v) is 7.90. The van der Waals surface area contributed by atoms with Crippen molar-refractivity contribution in [3.8, 4) is 0 Å². The van der Waals surface area contributed by atoms with Crippen molar-refractivity contribution in [2.24, 2.45) is 7.05 Å². The lowest BCUT2D eigenvalue weighted by Crippen LogP contribution is -2.14. The van der Waals surface area contributed by atoms with E-state index in [4.69, 9.17) is 11.6 Å². The summed E-state index contributed by atoms with van der Waals surface area (Å²) in [7, 11) is -2.05. The molecular weight excluding hydrogens is 362 g/mol. The minimum atomic E-state index is -3.73. The SMILES string of the molecule is Cc1nn(C)cc1S(=O)(=O)Nc1cc(C)n(Cc2ccc(Cl)cc2)n1. The Kier molecular flexibility index (Phi) is 4.57. The van der Waals surface area contributed by atoms with E-state index in [9.17, 15) is 8.42 Å². The molecule has 0 bridgehead atoms. The summed E-state index contributed by atoms with van der Waals surface area (Å²) in [5, 5.41) is 9.07. The Balaban J connectivity index is 1.82. The lowest BCUT2D eigenvalue weighted by atomic mass is 10.2. The van der Waals surface area contributed by atoms with Crippen LogP contribution in [0.5, 0.6) is 0 Å².